The Morgan fingerprint density at radius 2 is 2.00 bits per heavy atom. The molecular weight excluding hydrogens is 274 g/mol. The van der Waals surface area contributed by atoms with Crippen LogP contribution in [0, 0.1) is 10.1 Å². The quantitative estimate of drug-likeness (QED) is 0.632. The molecule has 19 heavy (non-hydrogen) atoms. The Balaban J connectivity index is 2.40. The number of nitrogens with zero attached hydrogens (tertiary/aromatic N) is 3. The molecule has 1 heterocycles. The molecule has 1 aromatic heterocycles. The average molecular weight is 282 g/mol. The molecule has 0 amide bonds. The molecule has 2 rings (SSSR count). The van der Waals surface area contributed by atoms with E-state index >= 15 is 0 Å². The summed E-state index contributed by atoms with van der Waals surface area (Å²) in [5, 5.41) is 10.8. The van der Waals surface area contributed by atoms with E-state index in [-0.39, 0.29) is 22.5 Å². The second-order valence-electron chi connectivity index (χ2n) is 3.35. The fourth-order valence-electron chi connectivity index (χ4n) is 1.34. The normalized spacial score (nSPS) is 10.0. The van der Waals surface area contributed by atoms with Crippen molar-refractivity contribution in [3.05, 3.63) is 45.9 Å². The first kappa shape index (κ1) is 13.0. The molecule has 0 aliphatic heterocycles. The van der Waals surface area contributed by atoms with Crippen molar-refractivity contribution in [2.45, 2.75) is 0 Å². The number of hydrogen-bond donors (Lipinski definition) is 0. The highest BCUT2D eigenvalue weighted by molar-refractivity contribution is 6.30. The molecule has 0 fully saturated rings. The van der Waals surface area contributed by atoms with E-state index in [2.05, 4.69) is 9.97 Å². The monoisotopic (exact) mass is 281 g/mol. The van der Waals surface area contributed by atoms with Crippen LogP contribution in [0.4, 0.5) is 5.69 Å². The first-order valence-corrected chi connectivity index (χ1v) is 5.46. The van der Waals surface area contributed by atoms with E-state index in [0.29, 0.717) is 5.75 Å². The fourth-order valence-corrected chi connectivity index (χ4v) is 1.48. The number of aromatic nitrogens is 2. The third-order valence-electron chi connectivity index (χ3n) is 2.19. The number of methoxy groups -OCH3 is 1. The molecular formula is C11H8ClN3O4. The minimum atomic E-state index is -0.537. The molecule has 0 aliphatic rings. The van der Waals surface area contributed by atoms with E-state index in [1.54, 1.807) is 0 Å². The Morgan fingerprint density at radius 3 is 2.63 bits per heavy atom. The molecule has 0 saturated carbocycles. The molecule has 8 heteroatoms. The van der Waals surface area contributed by atoms with E-state index < -0.39 is 4.92 Å². The van der Waals surface area contributed by atoms with Crippen LogP contribution in [0.5, 0.6) is 17.4 Å². The molecule has 0 atom stereocenters. The van der Waals surface area contributed by atoms with E-state index in [0.717, 1.165) is 0 Å². The molecule has 0 unspecified atom stereocenters. The highest BCUT2D eigenvalue weighted by Gasteiger charge is 2.15. The fraction of sp³-hybridized carbons (Fsp3) is 0.0909. The molecule has 2 aromatic rings. The topological polar surface area (TPSA) is 87.4 Å². The number of ether oxygens (including phenoxy) is 2. The second kappa shape index (κ2) is 5.49. The van der Waals surface area contributed by atoms with Gasteiger partial charge in [-0.3, -0.25) is 10.1 Å². The van der Waals surface area contributed by atoms with E-state index in [4.69, 9.17) is 21.1 Å². The van der Waals surface area contributed by atoms with Gasteiger partial charge in [0.1, 0.15) is 0 Å². The number of non-ortho nitro benzene ring substituents is 1. The number of nitro benzene ring substituents is 1. The van der Waals surface area contributed by atoms with Crippen LogP contribution in [0.3, 0.4) is 0 Å². The molecule has 0 saturated heterocycles. The molecule has 0 radical (unpaired) electrons. The lowest BCUT2D eigenvalue weighted by Crippen LogP contribution is -1.95. The van der Waals surface area contributed by atoms with Crippen molar-refractivity contribution < 1.29 is 14.4 Å². The van der Waals surface area contributed by atoms with Crippen LogP contribution < -0.4 is 9.47 Å². The van der Waals surface area contributed by atoms with Crippen molar-refractivity contribution >= 4 is 17.3 Å². The first-order chi connectivity index (χ1) is 9.11. The van der Waals surface area contributed by atoms with Crippen LogP contribution in [-0.4, -0.2) is 22.0 Å². The zero-order valence-corrected chi connectivity index (χ0v) is 10.5. The zero-order valence-electron chi connectivity index (χ0n) is 9.74. The summed E-state index contributed by atoms with van der Waals surface area (Å²) in [4.78, 5) is 17.9. The van der Waals surface area contributed by atoms with Crippen LogP contribution in [0.25, 0.3) is 0 Å². The Kier molecular flexibility index (Phi) is 3.76. The van der Waals surface area contributed by atoms with E-state index in [1.807, 2.05) is 0 Å². The highest BCUT2D eigenvalue weighted by Crippen LogP contribution is 2.35. The van der Waals surface area contributed by atoms with Gasteiger partial charge in [-0.2, -0.15) is 0 Å². The Hall–Kier alpha value is -2.41. The zero-order chi connectivity index (χ0) is 13.8. The van der Waals surface area contributed by atoms with Gasteiger partial charge in [-0.15, -0.1) is 0 Å². The lowest BCUT2D eigenvalue weighted by Gasteiger charge is -2.09. The van der Waals surface area contributed by atoms with Gasteiger partial charge in [0.05, 0.1) is 18.1 Å². The Bertz CT molecular complexity index is 621. The standard InChI is InChI=1S/C11H8ClN3O4/c1-18-8-3-2-7(15(16)17)6-9(8)19-11-10(12)13-4-5-14-11/h2-6H,1H3. The average Bonchev–Trinajstić information content (AvgIpc) is 2.41. The summed E-state index contributed by atoms with van der Waals surface area (Å²) < 4.78 is 10.4. The number of nitro groups is 1. The van der Waals surface area contributed by atoms with Crippen LogP contribution in [-0.2, 0) is 0 Å². The van der Waals surface area contributed by atoms with Gasteiger partial charge in [-0.05, 0) is 6.07 Å². The number of halogens is 1. The maximum absolute atomic E-state index is 10.7. The molecule has 0 spiro atoms. The largest absolute Gasteiger partial charge is 0.493 e. The number of hydrogen-bond acceptors (Lipinski definition) is 6. The van der Waals surface area contributed by atoms with Gasteiger partial charge in [0, 0.05) is 18.5 Å². The van der Waals surface area contributed by atoms with Gasteiger partial charge >= 0.3 is 0 Å². The summed E-state index contributed by atoms with van der Waals surface area (Å²) >= 11 is 5.80. The minimum absolute atomic E-state index is 0.0444. The smallest absolute Gasteiger partial charge is 0.273 e. The first-order valence-electron chi connectivity index (χ1n) is 5.08. The van der Waals surface area contributed by atoms with Gasteiger partial charge in [-0.1, -0.05) is 11.6 Å². The van der Waals surface area contributed by atoms with Crippen molar-refractivity contribution in [1.29, 1.82) is 0 Å². The molecule has 0 N–H and O–H groups in total. The second-order valence-corrected chi connectivity index (χ2v) is 3.70. The molecule has 7 nitrogen and oxygen atoms in total. The van der Waals surface area contributed by atoms with Crippen molar-refractivity contribution in [2.24, 2.45) is 0 Å². The van der Waals surface area contributed by atoms with Gasteiger partial charge < -0.3 is 9.47 Å². The van der Waals surface area contributed by atoms with Crippen LogP contribution in [0.1, 0.15) is 0 Å². The lowest BCUT2D eigenvalue weighted by atomic mass is 10.3. The molecule has 0 bridgehead atoms. The van der Waals surface area contributed by atoms with E-state index in [9.17, 15) is 10.1 Å². The molecule has 0 aliphatic carbocycles. The number of benzene rings is 1. The summed E-state index contributed by atoms with van der Waals surface area (Å²) in [6.07, 6.45) is 2.80. The third kappa shape index (κ3) is 2.89. The van der Waals surface area contributed by atoms with Crippen molar-refractivity contribution in [1.82, 2.24) is 9.97 Å². The predicted octanol–water partition coefficient (Wildman–Crippen LogP) is 2.84. The van der Waals surface area contributed by atoms with Gasteiger partial charge in [0.25, 0.3) is 11.6 Å². The summed E-state index contributed by atoms with van der Waals surface area (Å²) in [7, 11) is 1.42. The lowest BCUT2D eigenvalue weighted by molar-refractivity contribution is -0.384. The maximum Gasteiger partial charge on any atom is 0.273 e. The van der Waals surface area contributed by atoms with Crippen LogP contribution in [0.15, 0.2) is 30.6 Å². The minimum Gasteiger partial charge on any atom is -0.493 e. The number of rotatable bonds is 4. The van der Waals surface area contributed by atoms with Gasteiger partial charge in [0.2, 0.25) is 0 Å². The van der Waals surface area contributed by atoms with Crippen molar-refractivity contribution in [3.63, 3.8) is 0 Å². The summed E-state index contributed by atoms with van der Waals surface area (Å²) in [5.74, 6) is 0.509. The SMILES string of the molecule is COc1ccc([N+](=O)[O-])cc1Oc1nccnc1Cl. The molecule has 1 aromatic carbocycles. The van der Waals surface area contributed by atoms with Gasteiger partial charge in [-0.25, -0.2) is 9.97 Å². The molecule has 98 valence electrons. The summed E-state index contributed by atoms with van der Waals surface area (Å²) in [6.45, 7) is 0. The van der Waals surface area contributed by atoms with Crippen molar-refractivity contribution in [3.8, 4) is 17.4 Å². The van der Waals surface area contributed by atoms with Crippen molar-refractivity contribution in [2.75, 3.05) is 7.11 Å². The predicted molar refractivity (Wildman–Crippen MR) is 66.8 cm³/mol. The summed E-state index contributed by atoms with van der Waals surface area (Å²) in [6, 6.07) is 3.96. The van der Waals surface area contributed by atoms with Crippen LogP contribution in [0.2, 0.25) is 5.15 Å². The third-order valence-corrected chi connectivity index (χ3v) is 2.45. The Labute approximate surface area is 112 Å². The van der Waals surface area contributed by atoms with E-state index in [1.165, 1.54) is 37.7 Å². The highest BCUT2D eigenvalue weighted by atomic mass is 35.5. The van der Waals surface area contributed by atoms with Gasteiger partial charge in [0.15, 0.2) is 16.7 Å². The Morgan fingerprint density at radius 1 is 1.26 bits per heavy atom. The maximum atomic E-state index is 10.7. The summed E-state index contributed by atoms with van der Waals surface area (Å²) in [5.41, 5.74) is -0.129. The van der Waals surface area contributed by atoms with Crippen LogP contribution >= 0.6 is 11.6 Å².